The largest absolute Gasteiger partial charge is 0.393 e. The fraction of sp³-hybridized carbons (Fsp3) is 0.963. The summed E-state index contributed by atoms with van der Waals surface area (Å²) >= 11 is 0. The average Bonchev–Trinajstić information content (AvgIpc) is 3.60. The highest BCUT2D eigenvalue weighted by Gasteiger charge is 2.64. The van der Waals surface area contributed by atoms with Crippen molar-refractivity contribution in [3.05, 3.63) is 0 Å². The Hall–Kier alpha value is -0.860. The first-order valence-electron chi connectivity index (χ1n) is 14.2. The van der Waals surface area contributed by atoms with Gasteiger partial charge in [0.05, 0.1) is 17.5 Å². The van der Waals surface area contributed by atoms with Crippen LogP contribution >= 0.6 is 0 Å². The van der Waals surface area contributed by atoms with E-state index in [9.17, 15) is 23.4 Å². The molecule has 0 heterocycles. The van der Waals surface area contributed by atoms with Crippen molar-refractivity contribution in [3.63, 3.8) is 0 Å². The quantitative estimate of drug-likeness (QED) is 0.434. The number of hydrogen-bond acceptors (Lipinski definition) is 5. The molecule has 0 aromatic rings. The summed E-state index contributed by atoms with van der Waals surface area (Å²) in [6, 6.07) is -0.604. The molecule has 2 amide bonds. The van der Waals surface area contributed by atoms with Crippen LogP contribution in [-0.4, -0.2) is 48.7 Å². The van der Waals surface area contributed by atoms with Crippen LogP contribution < -0.4 is 10.0 Å². The molecule has 35 heavy (non-hydrogen) atoms. The van der Waals surface area contributed by atoms with Crippen LogP contribution in [0.15, 0.2) is 0 Å². The number of aliphatic hydroxyl groups is 2. The topological polar surface area (TPSA) is 116 Å². The average molecular weight is 511 g/mol. The molecule has 8 heteroatoms. The number of urea groups is 1. The van der Waals surface area contributed by atoms with Gasteiger partial charge in [-0.1, -0.05) is 27.2 Å². The van der Waals surface area contributed by atoms with Crippen molar-refractivity contribution in [1.29, 1.82) is 0 Å². The van der Waals surface area contributed by atoms with Crippen LogP contribution in [0, 0.1) is 46.3 Å². The fourth-order valence-corrected chi connectivity index (χ4v) is 10.8. The van der Waals surface area contributed by atoms with Gasteiger partial charge in [0.2, 0.25) is 10.0 Å². The molecule has 0 saturated heterocycles. The highest BCUT2D eigenvalue weighted by atomic mass is 32.2. The van der Waals surface area contributed by atoms with E-state index in [0.717, 1.165) is 57.8 Å². The lowest BCUT2D eigenvalue weighted by Gasteiger charge is -2.64. The predicted octanol–water partition coefficient (Wildman–Crippen LogP) is 3.79. The molecule has 0 aromatic carbocycles. The van der Waals surface area contributed by atoms with Crippen molar-refractivity contribution in [2.75, 3.05) is 6.54 Å². The first-order chi connectivity index (χ1) is 16.5. The van der Waals surface area contributed by atoms with Crippen molar-refractivity contribution < 1.29 is 23.4 Å². The van der Waals surface area contributed by atoms with Gasteiger partial charge in [0.25, 0.3) is 0 Å². The van der Waals surface area contributed by atoms with Crippen molar-refractivity contribution in [3.8, 4) is 0 Å². The number of aliphatic hydroxyl groups excluding tert-OH is 2. The SMILES string of the molecule is CC[C@H]1[C@@H](O)[C@@H]2[C@H](CC[C@]3(C)[C@@H](CCNC(=O)NS(=O)(=O)C4CC4)CC[C@@H]23)[C@@]2(C)CC[C@@H](O)C[C@@H]12. The minimum absolute atomic E-state index is 0.149. The van der Waals surface area contributed by atoms with Crippen LogP contribution in [0.4, 0.5) is 4.79 Å². The molecule has 0 bridgehead atoms. The summed E-state index contributed by atoms with van der Waals surface area (Å²) in [7, 11) is -3.52. The standard InChI is InChI=1S/C27H46N2O5S/c1-4-19-22-15-17(30)9-12-27(22,3)21-10-13-26(2)16(5-8-20(26)23(21)24(19)31)11-14-28-25(32)29-35(33,34)18-6-7-18/h16-24,30-31H,4-15H2,1-3H3,(H2,28,29,32)/t16-,17-,19-,20+,21+,22+,23+,24-,26-,27-/m1/s1. The Balaban J connectivity index is 1.26. The molecule has 0 radical (unpaired) electrons. The van der Waals surface area contributed by atoms with E-state index in [1.54, 1.807) is 0 Å². The van der Waals surface area contributed by atoms with E-state index in [0.29, 0.717) is 49.0 Å². The van der Waals surface area contributed by atoms with E-state index in [1.807, 2.05) is 0 Å². The smallest absolute Gasteiger partial charge is 0.328 e. The molecular formula is C27H46N2O5S. The van der Waals surface area contributed by atoms with Crippen LogP contribution in [-0.2, 0) is 10.0 Å². The predicted molar refractivity (Wildman–Crippen MR) is 135 cm³/mol. The molecule has 200 valence electrons. The second-order valence-electron chi connectivity index (χ2n) is 13.1. The zero-order valence-electron chi connectivity index (χ0n) is 21.7. The van der Waals surface area contributed by atoms with Gasteiger partial charge in [-0.2, -0.15) is 0 Å². The number of carbonyl (C=O) groups is 1. The Morgan fingerprint density at radius 1 is 0.943 bits per heavy atom. The van der Waals surface area contributed by atoms with E-state index >= 15 is 0 Å². The van der Waals surface area contributed by atoms with E-state index in [4.69, 9.17) is 0 Å². The number of amides is 2. The normalized spacial score (nSPS) is 47.3. The summed E-state index contributed by atoms with van der Waals surface area (Å²) in [5.41, 5.74) is 0.353. The monoisotopic (exact) mass is 510 g/mol. The number of sulfonamides is 1. The summed E-state index contributed by atoms with van der Waals surface area (Å²) < 4.78 is 26.2. The van der Waals surface area contributed by atoms with Gasteiger partial charge in [-0.15, -0.1) is 0 Å². The van der Waals surface area contributed by atoms with Gasteiger partial charge in [-0.25, -0.2) is 17.9 Å². The highest BCUT2D eigenvalue weighted by molar-refractivity contribution is 7.90. The molecular weight excluding hydrogens is 464 g/mol. The van der Waals surface area contributed by atoms with Crippen LogP contribution in [0.3, 0.4) is 0 Å². The van der Waals surface area contributed by atoms with E-state index in [2.05, 4.69) is 30.8 Å². The molecule has 5 fully saturated rings. The van der Waals surface area contributed by atoms with Crippen molar-refractivity contribution >= 4 is 16.1 Å². The number of rotatable bonds is 6. The lowest BCUT2D eigenvalue weighted by molar-refractivity contribution is -0.202. The minimum Gasteiger partial charge on any atom is -0.393 e. The van der Waals surface area contributed by atoms with Gasteiger partial charge >= 0.3 is 6.03 Å². The Labute approximate surface area is 211 Å². The number of carbonyl (C=O) groups excluding carboxylic acids is 1. The first kappa shape index (κ1) is 25.8. The van der Waals surface area contributed by atoms with Crippen LogP contribution in [0.1, 0.15) is 91.4 Å². The molecule has 5 aliphatic carbocycles. The summed E-state index contributed by atoms with van der Waals surface area (Å²) in [6.45, 7) is 7.55. The fourth-order valence-electron chi connectivity index (χ4n) is 9.53. The molecule has 10 atom stereocenters. The molecule has 5 aliphatic rings. The lowest BCUT2D eigenvalue weighted by Crippen LogP contribution is -2.62. The number of nitrogens with one attached hydrogen (secondary N) is 2. The Morgan fingerprint density at radius 2 is 1.63 bits per heavy atom. The second kappa shape index (κ2) is 9.16. The maximum atomic E-state index is 12.2. The third-order valence-corrected chi connectivity index (χ3v) is 13.4. The molecule has 5 rings (SSSR count). The highest BCUT2D eigenvalue weighted by Crippen LogP contribution is 2.69. The number of hydrogen-bond donors (Lipinski definition) is 4. The Morgan fingerprint density at radius 3 is 2.31 bits per heavy atom. The lowest BCUT2D eigenvalue weighted by atomic mass is 9.41. The molecule has 0 aromatic heterocycles. The summed E-state index contributed by atoms with van der Waals surface area (Å²) in [4.78, 5) is 12.2. The third-order valence-electron chi connectivity index (χ3n) is 11.6. The summed E-state index contributed by atoms with van der Waals surface area (Å²) in [5, 5.41) is 24.6. The van der Waals surface area contributed by atoms with Gasteiger partial charge < -0.3 is 15.5 Å². The van der Waals surface area contributed by atoms with Crippen LogP contribution in [0.25, 0.3) is 0 Å². The molecule has 4 N–H and O–H groups in total. The van der Waals surface area contributed by atoms with Gasteiger partial charge in [0.1, 0.15) is 0 Å². The molecule has 0 spiro atoms. The zero-order chi connectivity index (χ0) is 25.2. The molecule has 0 unspecified atom stereocenters. The first-order valence-corrected chi connectivity index (χ1v) is 15.7. The molecule has 0 aliphatic heterocycles. The van der Waals surface area contributed by atoms with Gasteiger partial charge in [0.15, 0.2) is 0 Å². The zero-order valence-corrected chi connectivity index (χ0v) is 22.5. The van der Waals surface area contributed by atoms with Crippen molar-refractivity contribution in [1.82, 2.24) is 10.0 Å². The van der Waals surface area contributed by atoms with Crippen molar-refractivity contribution in [2.45, 2.75) is 109 Å². The minimum atomic E-state index is -3.52. The van der Waals surface area contributed by atoms with Crippen molar-refractivity contribution in [2.24, 2.45) is 46.3 Å². The number of fused-ring (bicyclic) bond motifs is 5. The summed E-state index contributed by atoms with van der Waals surface area (Å²) in [6.07, 6.45) is 9.88. The van der Waals surface area contributed by atoms with Crippen LogP contribution in [0.5, 0.6) is 0 Å². The summed E-state index contributed by atoms with van der Waals surface area (Å²) in [5.74, 6) is 2.47. The Kier molecular flexibility index (Phi) is 6.74. The van der Waals surface area contributed by atoms with Gasteiger partial charge in [-0.3, -0.25) is 0 Å². The van der Waals surface area contributed by atoms with E-state index < -0.39 is 21.3 Å². The Bertz CT molecular complexity index is 923. The maximum Gasteiger partial charge on any atom is 0.328 e. The van der Waals surface area contributed by atoms with Gasteiger partial charge in [0, 0.05) is 6.54 Å². The van der Waals surface area contributed by atoms with E-state index in [-0.39, 0.29) is 29.0 Å². The second-order valence-corrected chi connectivity index (χ2v) is 15.1. The van der Waals surface area contributed by atoms with Gasteiger partial charge in [-0.05, 0) is 111 Å². The maximum absolute atomic E-state index is 12.2. The third kappa shape index (κ3) is 4.33. The molecule has 5 saturated carbocycles. The molecule has 7 nitrogen and oxygen atoms in total. The van der Waals surface area contributed by atoms with Crippen LogP contribution in [0.2, 0.25) is 0 Å². The van der Waals surface area contributed by atoms with E-state index in [1.165, 1.54) is 0 Å².